The van der Waals surface area contributed by atoms with Crippen molar-refractivity contribution in [2.45, 2.75) is 13.3 Å². The third-order valence-electron chi connectivity index (χ3n) is 5.00. The fourth-order valence-corrected chi connectivity index (χ4v) is 3.73. The van der Waals surface area contributed by atoms with Gasteiger partial charge in [0.1, 0.15) is 0 Å². The molecule has 0 aliphatic carbocycles. The minimum Gasteiger partial charge on any atom is -0.384 e. The Labute approximate surface area is 148 Å². The van der Waals surface area contributed by atoms with Crippen molar-refractivity contribution in [1.82, 2.24) is 25.0 Å². The van der Waals surface area contributed by atoms with E-state index < -0.39 is 0 Å². The topological polar surface area (TPSA) is 58.0 Å². The highest BCUT2D eigenvalue weighted by Crippen LogP contribution is 2.32. The van der Waals surface area contributed by atoms with E-state index in [1.165, 1.54) is 11.1 Å². The molecule has 132 valence electrons. The molecule has 0 amide bonds. The van der Waals surface area contributed by atoms with Crippen molar-refractivity contribution in [2.24, 2.45) is 7.05 Å². The third kappa shape index (κ3) is 3.19. The summed E-state index contributed by atoms with van der Waals surface area (Å²) in [5, 5.41) is 14.0. The number of hydrogen-bond acceptors (Lipinski definition) is 5. The van der Waals surface area contributed by atoms with Crippen LogP contribution in [0, 0.1) is 6.92 Å². The van der Waals surface area contributed by atoms with E-state index in [9.17, 15) is 0 Å². The fraction of sp³-hybridized carbons (Fsp3) is 0.474. The highest BCUT2D eigenvalue weighted by Gasteiger charge is 2.15. The second-order valence-electron chi connectivity index (χ2n) is 6.78. The molecule has 1 fully saturated rings. The standard InChI is InChI=1S/C19H26N6/c1-14-17-18(21-8-5-11-25-12-9-20-10-13-25)15-6-3-4-7-16(15)22-19(17)24(2)23-14/h3-4,6-7,20H,5,8-13H2,1-2H3,(H,21,22). The van der Waals surface area contributed by atoms with Crippen LogP contribution in [-0.2, 0) is 7.05 Å². The zero-order chi connectivity index (χ0) is 17.2. The number of aromatic nitrogens is 3. The first kappa shape index (κ1) is 16.3. The van der Waals surface area contributed by atoms with Gasteiger partial charge in [0.25, 0.3) is 0 Å². The fourth-order valence-electron chi connectivity index (χ4n) is 3.73. The lowest BCUT2D eigenvalue weighted by Crippen LogP contribution is -2.44. The van der Waals surface area contributed by atoms with Crippen LogP contribution in [0.3, 0.4) is 0 Å². The summed E-state index contributed by atoms with van der Waals surface area (Å²) in [5.74, 6) is 0. The van der Waals surface area contributed by atoms with E-state index >= 15 is 0 Å². The first-order chi connectivity index (χ1) is 12.2. The van der Waals surface area contributed by atoms with Crippen molar-refractivity contribution < 1.29 is 0 Å². The van der Waals surface area contributed by atoms with Crippen LogP contribution in [0.1, 0.15) is 12.1 Å². The van der Waals surface area contributed by atoms with Crippen molar-refractivity contribution >= 4 is 27.6 Å². The summed E-state index contributed by atoms with van der Waals surface area (Å²) in [5.41, 5.74) is 4.16. The average Bonchev–Trinajstić information content (AvgIpc) is 2.92. The second-order valence-corrected chi connectivity index (χ2v) is 6.78. The van der Waals surface area contributed by atoms with E-state index in [2.05, 4.69) is 45.8 Å². The SMILES string of the molecule is Cc1nn(C)c2nc3ccccc3c(NCCCN3CCNCC3)c12. The van der Waals surface area contributed by atoms with E-state index in [-0.39, 0.29) is 0 Å². The van der Waals surface area contributed by atoms with Crippen molar-refractivity contribution in [3.63, 3.8) is 0 Å². The molecule has 2 aromatic heterocycles. The summed E-state index contributed by atoms with van der Waals surface area (Å²) in [4.78, 5) is 7.34. The molecule has 3 aromatic rings. The number of anilines is 1. The van der Waals surface area contributed by atoms with Crippen LogP contribution in [0.4, 0.5) is 5.69 Å². The maximum Gasteiger partial charge on any atom is 0.160 e. The molecule has 6 nitrogen and oxygen atoms in total. The summed E-state index contributed by atoms with van der Waals surface area (Å²) in [6.45, 7) is 8.70. The predicted molar refractivity (Wildman–Crippen MR) is 103 cm³/mol. The summed E-state index contributed by atoms with van der Waals surface area (Å²) in [6, 6.07) is 8.34. The van der Waals surface area contributed by atoms with Gasteiger partial charge in [-0.25, -0.2) is 4.98 Å². The molecule has 1 aliphatic heterocycles. The molecule has 0 bridgehead atoms. The predicted octanol–water partition coefficient (Wildman–Crippen LogP) is 2.14. The van der Waals surface area contributed by atoms with Gasteiger partial charge in [-0.1, -0.05) is 18.2 Å². The van der Waals surface area contributed by atoms with E-state index in [1.807, 2.05) is 17.8 Å². The molecule has 2 N–H and O–H groups in total. The molecule has 25 heavy (non-hydrogen) atoms. The molecule has 0 atom stereocenters. The van der Waals surface area contributed by atoms with E-state index in [0.717, 1.165) is 67.9 Å². The van der Waals surface area contributed by atoms with Gasteiger partial charge < -0.3 is 15.5 Å². The molecular formula is C19H26N6. The minimum atomic E-state index is 0.945. The number of benzene rings is 1. The van der Waals surface area contributed by atoms with Crippen LogP contribution in [-0.4, -0.2) is 58.9 Å². The number of pyridine rings is 1. The maximum atomic E-state index is 4.81. The van der Waals surface area contributed by atoms with Gasteiger partial charge in [-0.3, -0.25) is 4.68 Å². The number of fused-ring (bicyclic) bond motifs is 2. The molecule has 1 aliphatic rings. The highest BCUT2D eigenvalue weighted by atomic mass is 15.3. The zero-order valence-corrected chi connectivity index (χ0v) is 15.0. The maximum absolute atomic E-state index is 4.81. The van der Waals surface area contributed by atoms with Gasteiger partial charge in [0.05, 0.1) is 22.3 Å². The monoisotopic (exact) mass is 338 g/mol. The molecular weight excluding hydrogens is 312 g/mol. The summed E-state index contributed by atoms with van der Waals surface area (Å²) < 4.78 is 1.88. The van der Waals surface area contributed by atoms with Crippen molar-refractivity contribution in [3.05, 3.63) is 30.0 Å². The number of nitrogens with one attached hydrogen (secondary N) is 2. The first-order valence-corrected chi connectivity index (χ1v) is 9.13. The Morgan fingerprint density at radius 3 is 2.84 bits per heavy atom. The van der Waals surface area contributed by atoms with E-state index in [1.54, 1.807) is 0 Å². The Bertz CT molecular complexity index is 878. The van der Waals surface area contributed by atoms with Crippen LogP contribution in [0.25, 0.3) is 21.9 Å². The number of piperazine rings is 1. The molecule has 0 unspecified atom stereocenters. The van der Waals surface area contributed by atoms with Gasteiger partial charge in [0.2, 0.25) is 0 Å². The van der Waals surface area contributed by atoms with Gasteiger partial charge in [-0.15, -0.1) is 0 Å². The lowest BCUT2D eigenvalue weighted by molar-refractivity contribution is 0.240. The molecule has 1 saturated heterocycles. The first-order valence-electron chi connectivity index (χ1n) is 9.13. The van der Waals surface area contributed by atoms with Gasteiger partial charge in [0, 0.05) is 45.2 Å². The normalized spacial score (nSPS) is 15.9. The van der Waals surface area contributed by atoms with E-state index in [4.69, 9.17) is 4.98 Å². The average molecular weight is 338 g/mol. The summed E-state index contributed by atoms with van der Waals surface area (Å²) in [7, 11) is 1.96. The Balaban J connectivity index is 1.58. The van der Waals surface area contributed by atoms with Gasteiger partial charge in [-0.2, -0.15) is 5.10 Å². The van der Waals surface area contributed by atoms with Gasteiger partial charge >= 0.3 is 0 Å². The van der Waals surface area contributed by atoms with Crippen LogP contribution in [0.5, 0.6) is 0 Å². The zero-order valence-electron chi connectivity index (χ0n) is 15.0. The second kappa shape index (κ2) is 6.98. The minimum absolute atomic E-state index is 0.945. The Morgan fingerprint density at radius 1 is 1.20 bits per heavy atom. The number of nitrogens with zero attached hydrogens (tertiary/aromatic N) is 4. The Morgan fingerprint density at radius 2 is 2.00 bits per heavy atom. The number of rotatable bonds is 5. The van der Waals surface area contributed by atoms with Gasteiger partial charge in [-0.05, 0) is 26.0 Å². The number of hydrogen-bond donors (Lipinski definition) is 2. The molecule has 1 aromatic carbocycles. The summed E-state index contributed by atoms with van der Waals surface area (Å²) in [6.07, 6.45) is 1.14. The van der Waals surface area contributed by atoms with Crippen LogP contribution < -0.4 is 10.6 Å². The van der Waals surface area contributed by atoms with Crippen molar-refractivity contribution in [2.75, 3.05) is 44.6 Å². The quantitative estimate of drug-likeness (QED) is 0.698. The highest BCUT2D eigenvalue weighted by molar-refractivity contribution is 6.07. The molecule has 6 heteroatoms. The van der Waals surface area contributed by atoms with Crippen LogP contribution in [0.15, 0.2) is 24.3 Å². The lowest BCUT2D eigenvalue weighted by atomic mass is 10.1. The van der Waals surface area contributed by atoms with Crippen LogP contribution >= 0.6 is 0 Å². The van der Waals surface area contributed by atoms with Gasteiger partial charge in [0.15, 0.2) is 5.65 Å². The number of para-hydroxylation sites is 1. The molecule has 3 heterocycles. The summed E-state index contributed by atoms with van der Waals surface area (Å²) >= 11 is 0. The smallest absolute Gasteiger partial charge is 0.160 e. The molecule has 0 radical (unpaired) electrons. The number of aryl methyl sites for hydroxylation is 2. The molecule has 0 saturated carbocycles. The van der Waals surface area contributed by atoms with Crippen molar-refractivity contribution in [3.8, 4) is 0 Å². The Kier molecular flexibility index (Phi) is 4.55. The molecule has 0 spiro atoms. The Hall–Kier alpha value is -2.18. The molecule has 4 rings (SSSR count). The third-order valence-corrected chi connectivity index (χ3v) is 5.00. The lowest BCUT2D eigenvalue weighted by Gasteiger charge is -2.27. The largest absolute Gasteiger partial charge is 0.384 e. The van der Waals surface area contributed by atoms with Crippen LogP contribution in [0.2, 0.25) is 0 Å². The van der Waals surface area contributed by atoms with E-state index in [0.29, 0.717) is 0 Å². The van der Waals surface area contributed by atoms with Crippen molar-refractivity contribution in [1.29, 1.82) is 0 Å².